The number of carbonyl (C=O) groups is 1. The molecule has 27 heavy (non-hydrogen) atoms. The molecule has 0 unspecified atom stereocenters. The largest absolute Gasteiger partial charge is 0.334 e. The van der Waals surface area contributed by atoms with E-state index in [0.29, 0.717) is 16.8 Å². The molecule has 134 valence electrons. The van der Waals surface area contributed by atoms with Crippen molar-refractivity contribution in [2.75, 3.05) is 0 Å². The van der Waals surface area contributed by atoms with Gasteiger partial charge in [-0.1, -0.05) is 43.3 Å². The van der Waals surface area contributed by atoms with E-state index in [9.17, 15) is 4.79 Å². The standard InChI is InChI=1S/C23H21N3O/c1-3-16-4-6-17(7-5-16)23(27)12-21-11-20-10-18(8-9-19(20)13-25-21)22-14-24-15-26(22)2/h4-11,13-15H,3,12H2,1-2H3/i3D2. The van der Waals surface area contributed by atoms with Crippen LogP contribution in [0.5, 0.6) is 0 Å². The first kappa shape index (κ1) is 14.9. The molecule has 0 radical (unpaired) electrons. The lowest BCUT2D eigenvalue weighted by molar-refractivity contribution is 0.0992. The van der Waals surface area contributed by atoms with Gasteiger partial charge in [0.05, 0.1) is 24.6 Å². The highest BCUT2D eigenvalue weighted by atomic mass is 16.1. The summed E-state index contributed by atoms with van der Waals surface area (Å²) in [5.74, 6) is -0.0390. The number of carbonyl (C=O) groups excluding carboxylic acids is 1. The zero-order chi connectivity index (χ0) is 20.6. The van der Waals surface area contributed by atoms with E-state index in [1.165, 1.54) is 6.92 Å². The normalized spacial score (nSPS) is 12.7. The van der Waals surface area contributed by atoms with Gasteiger partial charge in [-0.25, -0.2) is 4.98 Å². The topological polar surface area (TPSA) is 47.8 Å². The van der Waals surface area contributed by atoms with Gasteiger partial charge in [-0.05, 0) is 29.5 Å². The van der Waals surface area contributed by atoms with Crippen LogP contribution in [-0.4, -0.2) is 20.3 Å². The molecule has 0 atom stereocenters. The Morgan fingerprint density at radius 2 is 1.89 bits per heavy atom. The molecular formula is C23H21N3O. The van der Waals surface area contributed by atoms with E-state index < -0.39 is 6.37 Å². The highest BCUT2D eigenvalue weighted by Gasteiger charge is 2.10. The van der Waals surface area contributed by atoms with E-state index in [-0.39, 0.29) is 12.2 Å². The summed E-state index contributed by atoms with van der Waals surface area (Å²) in [5, 5.41) is 2.04. The molecule has 0 aliphatic heterocycles. The number of hydrogen-bond donors (Lipinski definition) is 0. The van der Waals surface area contributed by atoms with Crippen LogP contribution in [-0.2, 0) is 19.8 Å². The number of hydrogen-bond acceptors (Lipinski definition) is 3. The summed E-state index contributed by atoms with van der Waals surface area (Å²) in [6, 6.07) is 14.8. The summed E-state index contributed by atoms with van der Waals surface area (Å²) in [6.07, 6.45) is 4.16. The molecule has 0 N–H and O–H groups in total. The predicted octanol–water partition coefficient (Wildman–Crippen LogP) is 4.62. The van der Waals surface area contributed by atoms with Gasteiger partial charge < -0.3 is 4.57 Å². The van der Waals surface area contributed by atoms with Crippen LogP contribution in [0.15, 0.2) is 67.3 Å². The Bertz CT molecular complexity index is 1190. The minimum Gasteiger partial charge on any atom is -0.334 e. The highest BCUT2D eigenvalue weighted by Crippen LogP contribution is 2.24. The van der Waals surface area contributed by atoms with Crippen LogP contribution < -0.4 is 0 Å². The lowest BCUT2D eigenvalue weighted by Crippen LogP contribution is -2.05. The van der Waals surface area contributed by atoms with Crippen molar-refractivity contribution in [3.63, 3.8) is 0 Å². The third kappa shape index (κ3) is 3.51. The molecule has 4 rings (SSSR count). The summed E-state index contributed by atoms with van der Waals surface area (Å²) < 4.78 is 17.5. The van der Waals surface area contributed by atoms with Gasteiger partial charge in [0, 0.05) is 38.2 Å². The third-order valence-electron chi connectivity index (χ3n) is 4.73. The molecule has 0 saturated carbocycles. The second-order valence-electron chi connectivity index (χ2n) is 6.55. The number of nitrogens with zero attached hydrogens (tertiary/aromatic N) is 3. The lowest BCUT2D eigenvalue weighted by atomic mass is 10.0. The van der Waals surface area contributed by atoms with Crippen LogP contribution in [0.25, 0.3) is 22.0 Å². The zero-order valence-corrected chi connectivity index (χ0v) is 15.3. The Hall–Kier alpha value is -3.27. The maximum Gasteiger partial charge on any atom is 0.168 e. The van der Waals surface area contributed by atoms with Crippen molar-refractivity contribution in [3.8, 4) is 11.3 Å². The molecule has 2 aromatic carbocycles. The van der Waals surface area contributed by atoms with E-state index in [1.807, 2.05) is 36.0 Å². The Labute approximate surface area is 161 Å². The molecule has 4 aromatic rings. The molecule has 4 nitrogen and oxygen atoms in total. The van der Waals surface area contributed by atoms with Gasteiger partial charge in [0.2, 0.25) is 0 Å². The first-order valence-electron chi connectivity index (χ1n) is 9.80. The summed E-state index contributed by atoms with van der Waals surface area (Å²) in [7, 11) is 1.96. The summed E-state index contributed by atoms with van der Waals surface area (Å²) >= 11 is 0. The van der Waals surface area contributed by atoms with Gasteiger partial charge in [0.15, 0.2) is 5.78 Å². The third-order valence-corrected chi connectivity index (χ3v) is 4.73. The average Bonchev–Trinajstić information content (AvgIpc) is 3.13. The fourth-order valence-electron chi connectivity index (χ4n) is 3.17. The smallest absolute Gasteiger partial charge is 0.168 e. The van der Waals surface area contributed by atoms with E-state index in [1.54, 1.807) is 36.8 Å². The number of fused-ring (bicyclic) bond motifs is 1. The second-order valence-corrected chi connectivity index (χ2v) is 6.55. The van der Waals surface area contributed by atoms with Crippen molar-refractivity contribution in [1.82, 2.24) is 14.5 Å². The number of benzene rings is 2. The molecule has 0 bridgehead atoms. The summed E-state index contributed by atoms with van der Waals surface area (Å²) in [4.78, 5) is 21.3. The van der Waals surface area contributed by atoms with Crippen LogP contribution in [0.4, 0.5) is 0 Å². The molecule has 2 heterocycles. The van der Waals surface area contributed by atoms with Crippen LogP contribution in [0.3, 0.4) is 0 Å². The summed E-state index contributed by atoms with van der Waals surface area (Å²) in [6.45, 7) is 1.50. The van der Waals surface area contributed by atoms with Gasteiger partial charge >= 0.3 is 0 Å². The molecule has 0 amide bonds. The van der Waals surface area contributed by atoms with E-state index in [4.69, 9.17) is 2.74 Å². The average molecular weight is 357 g/mol. The van der Waals surface area contributed by atoms with Gasteiger partial charge in [0.25, 0.3) is 0 Å². The van der Waals surface area contributed by atoms with Gasteiger partial charge in [0.1, 0.15) is 0 Å². The maximum absolute atomic E-state index is 12.7. The Morgan fingerprint density at radius 1 is 1.07 bits per heavy atom. The number of pyridine rings is 1. The molecule has 0 spiro atoms. The zero-order valence-electron chi connectivity index (χ0n) is 17.3. The van der Waals surface area contributed by atoms with Crippen LogP contribution >= 0.6 is 0 Å². The number of Topliss-reactive ketones (excluding diaryl/α,β-unsaturated/α-hetero) is 1. The Balaban J connectivity index is 1.59. The van der Waals surface area contributed by atoms with Crippen molar-refractivity contribution in [2.45, 2.75) is 19.7 Å². The van der Waals surface area contributed by atoms with Crippen molar-refractivity contribution >= 4 is 16.6 Å². The lowest BCUT2D eigenvalue weighted by Gasteiger charge is -2.07. The maximum atomic E-state index is 12.7. The van der Waals surface area contributed by atoms with E-state index in [2.05, 4.69) is 16.0 Å². The molecular weight excluding hydrogens is 334 g/mol. The van der Waals surface area contributed by atoms with Crippen LogP contribution in [0.2, 0.25) is 0 Å². The van der Waals surface area contributed by atoms with E-state index in [0.717, 1.165) is 22.0 Å². The second kappa shape index (κ2) is 7.16. The Morgan fingerprint density at radius 3 is 2.59 bits per heavy atom. The molecule has 0 aliphatic rings. The minimum absolute atomic E-state index is 0.0390. The van der Waals surface area contributed by atoms with Gasteiger partial charge in [-0.2, -0.15) is 0 Å². The first-order chi connectivity index (χ1) is 13.8. The van der Waals surface area contributed by atoms with Crippen molar-refractivity contribution in [3.05, 3.63) is 84.1 Å². The quantitative estimate of drug-likeness (QED) is 0.490. The first-order valence-corrected chi connectivity index (χ1v) is 8.80. The fraction of sp³-hybridized carbons (Fsp3) is 0.174. The monoisotopic (exact) mass is 357 g/mol. The molecule has 0 aliphatic carbocycles. The van der Waals surface area contributed by atoms with E-state index >= 15 is 0 Å². The molecule has 2 aromatic heterocycles. The fourth-order valence-corrected chi connectivity index (χ4v) is 3.17. The van der Waals surface area contributed by atoms with Gasteiger partial charge in [-0.3, -0.25) is 9.78 Å². The number of ketones is 1. The number of imidazole rings is 1. The highest BCUT2D eigenvalue weighted by molar-refractivity contribution is 5.98. The predicted molar refractivity (Wildman–Crippen MR) is 108 cm³/mol. The SMILES string of the molecule is [2H]C([2H])(C)c1ccc(C(=O)Cc2cc3cc(-c4cncn4C)ccc3cn2)cc1. The molecule has 4 heteroatoms. The van der Waals surface area contributed by atoms with Crippen LogP contribution in [0, 0.1) is 0 Å². The summed E-state index contributed by atoms with van der Waals surface area (Å²) in [5.41, 5.74) is 3.91. The number of aryl methyl sites for hydroxylation is 2. The van der Waals surface area contributed by atoms with Crippen molar-refractivity contribution in [2.24, 2.45) is 7.05 Å². The van der Waals surface area contributed by atoms with Crippen LogP contribution in [0.1, 0.15) is 31.3 Å². The van der Waals surface area contributed by atoms with Crippen molar-refractivity contribution < 1.29 is 7.54 Å². The van der Waals surface area contributed by atoms with Crippen molar-refractivity contribution in [1.29, 1.82) is 0 Å². The molecule has 0 saturated heterocycles. The Kier molecular flexibility index (Phi) is 3.94. The molecule has 0 fully saturated rings. The number of rotatable bonds is 5. The number of aromatic nitrogens is 3. The van der Waals surface area contributed by atoms with Gasteiger partial charge in [-0.15, -0.1) is 0 Å². The minimum atomic E-state index is -1.42.